The summed E-state index contributed by atoms with van der Waals surface area (Å²) in [5.41, 5.74) is 1.96. The van der Waals surface area contributed by atoms with Crippen molar-refractivity contribution in [3.05, 3.63) is 54.4 Å². The number of benzene rings is 1. The van der Waals surface area contributed by atoms with Crippen LogP contribution in [0.25, 0.3) is 0 Å². The molecule has 1 aliphatic rings. The standard InChI is InChI=1S/C20H25N3O3/c1-16-4-2-5-17(14-16)22-20(24)23-10-7-18(8-11-23)25-12-13-26-19-6-3-9-21-15-19/h2-6,9,14-15,18H,7-8,10-13H2,1H3,(H,22,24). The number of nitrogens with zero attached hydrogens (tertiary/aromatic N) is 2. The van der Waals surface area contributed by atoms with Gasteiger partial charge < -0.3 is 19.7 Å². The maximum absolute atomic E-state index is 12.4. The third-order valence-corrected chi connectivity index (χ3v) is 4.34. The first-order valence-electron chi connectivity index (χ1n) is 8.98. The van der Waals surface area contributed by atoms with Crippen molar-refractivity contribution in [3.8, 4) is 5.75 Å². The molecule has 6 nitrogen and oxygen atoms in total. The van der Waals surface area contributed by atoms with Crippen LogP contribution >= 0.6 is 0 Å². The summed E-state index contributed by atoms with van der Waals surface area (Å²) in [5.74, 6) is 0.749. The number of aryl methyl sites for hydroxylation is 1. The van der Waals surface area contributed by atoms with Crippen molar-refractivity contribution in [1.82, 2.24) is 9.88 Å². The van der Waals surface area contributed by atoms with E-state index >= 15 is 0 Å². The number of carbonyl (C=O) groups excluding carboxylic acids is 1. The molecule has 26 heavy (non-hydrogen) atoms. The quantitative estimate of drug-likeness (QED) is 0.806. The van der Waals surface area contributed by atoms with Gasteiger partial charge in [-0.3, -0.25) is 4.98 Å². The number of ether oxygens (including phenoxy) is 2. The molecule has 0 bridgehead atoms. The van der Waals surface area contributed by atoms with Crippen molar-refractivity contribution in [2.75, 3.05) is 31.6 Å². The van der Waals surface area contributed by atoms with Gasteiger partial charge in [0.25, 0.3) is 0 Å². The van der Waals surface area contributed by atoms with E-state index in [9.17, 15) is 4.79 Å². The first-order valence-corrected chi connectivity index (χ1v) is 8.98. The number of rotatable bonds is 6. The maximum Gasteiger partial charge on any atom is 0.321 e. The minimum Gasteiger partial charge on any atom is -0.490 e. The second-order valence-electron chi connectivity index (χ2n) is 6.39. The molecule has 138 valence electrons. The van der Waals surface area contributed by atoms with Crippen LogP contribution in [0.2, 0.25) is 0 Å². The van der Waals surface area contributed by atoms with E-state index in [1.165, 1.54) is 0 Å². The molecule has 1 aromatic heterocycles. The first-order chi connectivity index (χ1) is 12.7. The Kier molecular flexibility index (Phi) is 6.44. The van der Waals surface area contributed by atoms with Crippen LogP contribution < -0.4 is 10.1 Å². The zero-order valence-electron chi connectivity index (χ0n) is 15.1. The van der Waals surface area contributed by atoms with E-state index in [0.717, 1.165) is 29.8 Å². The van der Waals surface area contributed by atoms with Gasteiger partial charge in [0, 0.05) is 25.0 Å². The van der Waals surface area contributed by atoms with Crippen molar-refractivity contribution >= 4 is 11.7 Å². The zero-order chi connectivity index (χ0) is 18.2. The van der Waals surface area contributed by atoms with E-state index in [1.54, 1.807) is 12.4 Å². The van der Waals surface area contributed by atoms with Gasteiger partial charge in [-0.15, -0.1) is 0 Å². The van der Waals surface area contributed by atoms with E-state index in [4.69, 9.17) is 9.47 Å². The van der Waals surface area contributed by atoms with Gasteiger partial charge >= 0.3 is 6.03 Å². The molecule has 1 fully saturated rings. The Balaban J connectivity index is 1.34. The van der Waals surface area contributed by atoms with Crippen molar-refractivity contribution in [2.45, 2.75) is 25.9 Å². The van der Waals surface area contributed by atoms with Crippen LogP contribution in [-0.2, 0) is 4.74 Å². The van der Waals surface area contributed by atoms with Gasteiger partial charge in [0.15, 0.2) is 0 Å². The van der Waals surface area contributed by atoms with E-state index < -0.39 is 0 Å². The molecular weight excluding hydrogens is 330 g/mol. The lowest BCUT2D eigenvalue weighted by atomic mass is 10.1. The van der Waals surface area contributed by atoms with Gasteiger partial charge in [0.05, 0.1) is 18.9 Å². The highest BCUT2D eigenvalue weighted by Gasteiger charge is 2.23. The Morgan fingerprint density at radius 3 is 2.81 bits per heavy atom. The molecule has 6 heteroatoms. The fourth-order valence-electron chi connectivity index (χ4n) is 2.96. The van der Waals surface area contributed by atoms with Crippen molar-refractivity contribution in [3.63, 3.8) is 0 Å². The zero-order valence-corrected chi connectivity index (χ0v) is 15.1. The summed E-state index contributed by atoms with van der Waals surface area (Å²) in [6.07, 6.45) is 5.26. The minimum atomic E-state index is -0.0473. The van der Waals surface area contributed by atoms with Gasteiger partial charge in [-0.05, 0) is 49.6 Å². The highest BCUT2D eigenvalue weighted by atomic mass is 16.5. The Morgan fingerprint density at radius 1 is 1.23 bits per heavy atom. The number of hydrogen-bond acceptors (Lipinski definition) is 4. The molecule has 2 amide bonds. The molecule has 0 unspecified atom stereocenters. The Labute approximate surface area is 154 Å². The lowest BCUT2D eigenvalue weighted by Gasteiger charge is -2.32. The van der Waals surface area contributed by atoms with Crippen LogP contribution in [0.1, 0.15) is 18.4 Å². The van der Waals surface area contributed by atoms with Gasteiger partial charge in [0.1, 0.15) is 12.4 Å². The number of likely N-dealkylation sites (tertiary alicyclic amines) is 1. The SMILES string of the molecule is Cc1cccc(NC(=O)N2CCC(OCCOc3cccnc3)CC2)c1. The number of nitrogens with one attached hydrogen (secondary N) is 1. The smallest absolute Gasteiger partial charge is 0.321 e. The van der Waals surface area contributed by atoms with Crippen molar-refractivity contribution in [1.29, 1.82) is 0 Å². The van der Waals surface area contributed by atoms with Gasteiger partial charge in [-0.1, -0.05) is 12.1 Å². The average Bonchev–Trinajstić information content (AvgIpc) is 2.66. The van der Waals surface area contributed by atoms with Crippen molar-refractivity contribution < 1.29 is 14.3 Å². The molecule has 0 aliphatic carbocycles. The second kappa shape index (κ2) is 9.20. The molecule has 0 atom stereocenters. The summed E-state index contributed by atoms with van der Waals surface area (Å²) in [5, 5.41) is 2.96. The molecule has 1 aromatic carbocycles. The number of urea groups is 1. The molecule has 1 aliphatic heterocycles. The number of aromatic nitrogens is 1. The predicted octanol–water partition coefficient (Wildman–Crippen LogP) is 3.48. The van der Waals surface area contributed by atoms with E-state index in [0.29, 0.717) is 26.3 Å². The lowest BCUT2D eigenvalue weighted by molar-refractivity contribution is 0.00268. The second-order valence-corrected chi connectivity index (χ2v) is 6.39. The number of amides is 2. The predicted molar refractivity (Wildman–Crippen MR) is 100 cm³/mol. The molecule has 0 spiro atoms. The number of hydrogen-bond donors (Lipinski definition) is 1. The molecule has 0 radical (unpaired) electrons. The molecule has 0 saturated carbocycles. The van der Waals surface area contributed by atoms with Crippen LogP contribution in [0.3, 0.4) is 0 Å². The highest BCUT2D eigenvalue weighted by molar-refractivity contribution is 5.89. The monoisotopic (exact) mass is 355 g/mol. The van der Waals surface area contributed by atoms with Crippen LogP contribution in [0, 0.1) is 6.92 Å². The van der Waals surface area contributed by atoms with Crippen molar-refractivity contribution in [2.24, 2.45) is 0 Å². The Bertz CT molecular complexity index is 700. The number of anilines is 1. The average molecular weight is 355 g/mol. The minimum absolute atomic E-state index is 0.0473. The van der Waals surface area contributed by atoms with E-state index in [2.05, 4.69) is 10.3 Å². The summed E-state index contributed by atoms with van der Waals surface area (Å²) in [7, 11) is 0. The Hall–Kier alpha value is -2.60. The molecule has 2 heterocycles. The summed E-state index contributed by atoms with van der Waals surface area (Å²) >= 11 is 0. The summed E-state index contributed by atoms with van der Waals surface area (Å²) < 4.78 is 11.4. The molecule has 1 N–H and O–H groups in total. The molecular formula is C20H25N3O3. The van der Waals surface area contributed by atoms with Crippen LogP contribution in [0.15, 0.2) is 48.8 Å². The van der Waals surface area contributed by atoms with E-state index in [1.807, 2.05) is 48.2 Å². The highest BCUT2D eigenvalue weighted by Crippen LogP contribution is 2.16. The van der Waals surface area contributed by atoms with E-state index in [-0.39, 0.29) is 12.1 Å². The third-order valence-electron chi connectivity index (χ3n) is 4.34. The van der Waals surface area contributed by atoms with Gasteiger partial charge in [-0.2, -0.15) is 0 Å². The lowest BCUT2D eigenvalue weighted by Crippen LogP contribution is -2.43. The first kappa shape index (κ1) is 18.2. The summed E-state index contributed by atoms with van der Waals surface area (Å²) in [6, 6.07) is 11.5. The Morgan fingerprint density at radius 2 is 2.08 bits per heavy atom. The normalized spacial score (nSPS) is 14.9. The third kappa shape index (κ3) is 5.46. The number of piperidine rings is 1. The fourth-order valence-corrected chi connectivity index (χ4v) is 2.96. The molecule has 2 aromatic rings. The number of pyridine rings is 1. The van der Waals surface area contributed by atoms with Gasteiger partial charge in [0.2, 0.25) is 0 Å². The van der Waals surface area contributed by atoms with Crippen LogP contribution in [0.4, 0.5) is 10.5 Å². The topological polar surface area (TPSA) is 63.7 Å². The largest absolute Gasteiger partial charge is 0.490 e. The molecule has 1 saturated heterocycles. The van der Waals surface area contributed by atoms with Gasteiger partial charge in [-0.25, -0.2) is 4.79 Å². The summed E-state index contributed by atoms with van der Waals surface area (Å²) in [6.45, 7) is 4.45. The maximum atomic E-state index is 12.4. The fraction of sp³-hybridized carbons (Fsp3) is 0.400. The van der Waals surface area contributed by atoms with Crippen LogP contribution in [0.5, 0.6) is 5.75 Å². The number of carbonyl (C=O) groups is 1. The van der Waals surface area contributed by atoms with Crippen LogP contribution in [-0.4, -0.2) is 48.3 Å². The molecule has 3 rings (SSSR count). The summed E-state index contributed by atoms with van der Waals surface area (Å²) in [4.78, 5) is 18.2.